The number of benzene rings is 2. The zero-order valence-corrected chi connectivity index (χ0v) is 13.5. The molecule has 124 valence electrons. The molecule has 4 aromatic rings. The van der Waals surface area contributed by atoms with E-state index in [4.69, 9.17) is 20.8 Å². The van der Waals surface area contributed by atoms with E-state index < -0.39 is 5.97 Å². The van der Waals surface area contributed by atoms with Crippen LogP contribution >= 0.6 is 11.6 Å². The van der Waals surface area contributed by atoms with Crippen LogP contribution < -0.4 is 5.56 Å². The van der Waals surface area contributed by atoms with Crippen LogP contribution in [0.4, 0.5) is 0 Å². The molecule has 0 saturated heterocycles. The van der Waals surface area contributed by atoms with Crippen LogP contribution in [0.2, 0.25) is 5.02 Å². The molecule has 0 amide bonds. The fourth-order valence-corrected chi connectivity index (χ4v) is 2.70. The molecule has 0 atom stereocenters. The average Bonchev–Trinajstić information content (AvgIpc) is 3.03. The largest absolute Gasteiger partial charge is 0.452 e. The molecule has 0 saturated carbocycles. The van der Waals surface area contributed by atoms with Gasteiger partial charge in [0, 0.05) is 10.4 Å². The summed E-state index contributed by atoms with van der Waals surface area (Å²) in [7, 11) is 0. The van der Waals surface area contributed by atoms with Gasteiger partial charge in [0.25, 0.3) is 5.56 Å². The second kappa shape index (κ2) is 6.07. The molecule has 25 heavy (non-hydrogen) atoms. The Balaban J connectivity index is 1.55. The first-order valence-electron chi connectivity index (χ1n) is 7.44. The summed E-state index contributed by atoms with van der Waals surface area (Å²) >= 11 is 5.91. The summed E-state index contributed by atoms with van der Waals surface area (Å²) < 4.78 is 10.6. The molecule has 0 unspecified atom stereocenters. The quantitative estimate of drug-likeness (QED) is 0.567. The smallest absolute Gasteiger partial charge is 0.374 e. The van der Waals surface area contributed by atoms with Gasteiger partial charge >= 0.3 is 5.97 Å². The molecule has 0 aliphatic heterocycles. The molecule has 2 aromatic heterocycles. The Labute approximate surface area is 146 Å². The van der Waals surface area contributed by atoms with E-state index in [1.807, 2.05) is 0 Å². The van der Waals surface area contributed by atoms with Crippen LogP contribution in [0.3, 0.4) is 0 Å². The SMILES string of the molecule is O=C(OCc1nc2ccccc2c(=O)[nH]1)c1cc2cc(Cl)ccc2o1. The minimum absolute atomic E-state index is 0.0559. The summed E-state index contributed by atoms with van der Waals surface area (Å²) in [4.78, 5) is 31.0. The standard InChI is InChI=1S/C18H11ClN2O4/c19-11-5-6-14-10(7-11)8-15(25-14)18(23)24-9-16-20-13-4-2-1-3-12(13)17(22)21-16/h1-8H,9H2,(H,20,21,22). The maximum Gasteiger partial charge on any atom is 0.374 e. The number of nitrogens with one attached hydrogen (secondary N) is 1. The highest BCUT2D eigenvalue weighted by Gasteiger charge is 2.15. The van der Waals surface area contributed by atoms with Crippen LogP contribution in [0.15, 0.2) is 57.7 Å². The lowest BCUT2D eigenvalue weighted by atomic mass is 10.2. The maximum atomic E-state index is 12.2. The summed E-state index contributed by atoms with van der Waals surface area (Å²) in [5, 5.41) is 1.73. The molecule has 0 radical (unpaired) electrons. The molecule has 0 aliphatic rings. The number of hydrogen-bond donors (Lipinski definition) is 1. The molecule has 2 aromatic carbocycles. The number of halogens is 1. The third-order valence-corrected chi connectivity index (χ3v) is 3.92. The second-order valence-electron chi connectivity index (χ2n) is 5.40. The summed E-state index contributed by atoms with van der Waals surface area (Å²) in [6.45, 7) is -0.170. The van der Waals surface area contributed by atoms with Crippen LogP contribution in [-0.4, -0.2) is 15.9 Å². The Morgan fingerprint density at radius 1 is 1.20 bits per heavy atom. The van der Waals surface area contributed by atoms with Crippen molar-refractivity contribution in [2.45, 2.75) is 6.61 Å². The fourth-order valence-electron chi connectivity index (χ4n) is 2.52. The number of para-hydroxylation sites is 1. The van der Waals surface area contributed by atoms with E-state index in [0.29, 0.717) is 26.9 Å². The number of carbonyl (C=O) groups is 1. The molecule has 0 aliphatic carbocycles. The summed E-state index contributed by atoms with van der Waals surface area (Å²) in [6.07, 6.45) is 0. The minimum Gasteiger partial charge on any atom is -0.452 e. The molecular formula is C18H11ClN2O4. The lowest BCUT2D eigenvalue weighted by Crippen LogP contribution is -2.14. The van der Waals surface area contributed by atoms with Crippen molar-refractivity contribution in [2.75, 3.05) is 0 Å². The predicted molar refractivity (Wildman–Crippen MR) is 92.7 cm³/mol. The predicted octanol–water partition coefficient (Wildman–Crippen LogP) is 3.68. The van der Waals surface area contributed by atoms with Gasteiger partial charge in [-0.15, -0.1) is 0 Å². The minimum atomic E-state index is -0.650. The molecule has 7 heteroatoms. The number of rotatable bonds is 3. The zero-order valence-electron chi connectivity index (χ0n) is 12.8. The summed E-state index contributed by atoms with van der Waals surface area (Å²) in [5.74, 6) is -0.334. The molecule has 0 spiro atoms. The summed E-state index contributed by atoms with van der Waals surface area (Å²) in [6, 6.07) is 13.5. The van der Waals surface area contributed by atoms with Gasteiger partial charge in [-0.25, -0.2) is 9.78 Å². The van der Waals surface area contributed by atoms with Crippen LogP contribution in [0.1, 0.15) is 16.4 Å². The van der Waals surface area contributed by atoms with Gasteiger partial charge in [-0.2, -0.15) is 0 Å². The van der Waals surface area contributed by atoms with E-state index in [0.717, 1.165) is 0 Å². The average molecular weight is 355 g/mol. The number of hydrogen-bond acceptors (Lipinski definition) is 5. The number of aromatic nitrogens is 2. The fraction of sp³-hybridized carbons (Fsp3) is 0.0556. The van der Waals surface area contributed by atoms with Crippen LogP contribution in [0.5, 0.6) is 0 Å². The lowest BCUT2D eigenvalue weighted by molar-refractivity contribution is 0.0428. The van der Waals surface area contributed by atoms with Crippen molar-refractivity contribution in [2.24, 2.45) is 0 Å². The number of furan rings is 1. The highest BCUT2D eigenvalue weighted by molar-refractivity contribution is 6.31. The van der Waals surface area contributed by atoms with Crippen molar-refractivity contribution in [3.05, 3.63) is 75.5 Å². The zero-order chi connectivity index (χ0) is 17.4. The lowest BCUT2D eigenvalue weighted by Gasteiger charge is -2.03. The van der Waals surface area contributed by atoms with Gasteiger partial charge in [0.15, 0.2) is 0 Å². The highest BCUT2D eigenvalue weighted by Crippen LogP contribution is 2.23. The van der Waals surface area contributed by atoms with Crippen molar-refractivity contribution in [1.82, 2.24) is 9.97 Å². The molecule has 0 bridgehead atoms. The van der Waals surface area contributed by atoms with E-state index in [1.165, 1.54) is 0 Å². The molecule has 4 rings (SSSR count). The third kappa shape index (κ3) is 2.99. The van der Waals surface area contributed by atoms with Gasteiger partial charge in [0.2, 0.25) is 5.76 Å². The van der Waals surface area contributed by atoms with E-state index in [9.17, 15) is 9.59 Å². The van der Waals surface area contributed by atoms with Crippen molar-refractivity contribution >= 4 is 39.4 Å². The first kappa shape index (κ1) is 15.4. The number of nitrogens with zero attached hydrogens (tertiary/aromatic N) is 1. The topological polar surface area (TPSA) is 85.2 Å². The number of carbonyl (C=O) groups excluding carboxylic acids is 1. The highest BCUT2D eigenvalue weighted by atomic mass is 35.5. The van der Waals surface area contributed by atoms with Crippen molar-refractivity contribution in [3.63, 3.8) is 0 Å². The first-order chi connectivity index (χ1) is 12.1. The van der Waals surface area contributed by atoms with Gasteiger partial charge in [0.05, 0.1) is 10.9 Å². The van der Waals surface area contributed by atoms with Crippen LogP contribution in [0.25, 0.3) is 21.9 Å². The number of H-pyrrole nitrogens is 1. The first-order valence-corrected chi connectivity index (χ1v) is 7.82. The monoisotopic (exact) mass is 354 g/mol. The van der Waals surface area contributed by atoms with E-state index >= 15 is 0 Å². The number of ether oxygens (including phenoxy) is 1. The Morgan fingerprint density at radius 3 is 2.92 bits per heavy atom. The van der Waals surface area contributed by atoms with Crippen molar-refractivity contribution in [1.29, 1.82) is 0 Å². The molecule has 1 N–H and O–H groups in total. The van der Waals surface area contributed by atoms with Gasteiger partial charge < -0.3 is 14.1 Å². The van der Waals surface area contributed by atoms with E-state index in [2.05, 4.69) is 9.97 Å². The van der Waals surface area contributed by atoms with Crippen molar-refractivity contribution in [3.8, 4) is 0 Å². The van der Waals surface area contributed by atoms with Gasteiger partial charge in [-0.05, 0) is 36.4 Å². The van der Waals surface area contributed by atoms with Gasteiger partial charge in [-0.3, -0.25) is 4.79 Å². The summed E-state index contributed by atoms with van der Waals surface area (Å²) in [5.41, 5.74) is 0.791. The third-order valence-electron chi connectivity index (χ3n) is 3.68. The van der Waals surface area contributed by atoms with Crippen molar-refractivity contribution < 1.29 is 13.9 Å². The number of fused-ring (bicyclic) bond motifs is 2. The molecule has 6 nitrogen and oxygen atoms in total. The maximum absolute atomic E-state index is 12.2. The number of aromatic amines is 1. The van der Waals surface area contributed by atoms with Gasteiger partial charge in [0.1, 0.15) is 18.0 Å². The Kier molecular flexibility index (Phi) is 3.74. The Hall–Kier alpha value is -3.12. The Bertz CT molecular complexity index is 1160. The Morgan fingerprint density at radius 2 is 2.04 bits per heavy atom. The second-order valence-corrected chi connectivity index (χ2v) is 5.84. The van der Waals surface area contributed by atoms with Crippen LogP contribution in [-0.2, 0) is 11.3 Å². The normalized spacial score (nSPS) is 11.1. The van der Waals surface area contributed by atoms with E-state index in [-0.39, 0.29) is 23.8 Å². The molecular weight excluding hydrogens is 344 g/mol. The van der Waals surface area contributed by atoms with Gasteiger partial charge in [-0.1, -0.05) is 23.7 Å². The number of esters is 1. The van der Waals surface area contributed by atoms with Crippen LogP contribution in [0, 0.1) is 0 Å². The van der Waals surface area contributed by atoms with E-state index in [1.54, 1.807) is 48.5 Å². The molecule has 0 fully saturated rings. The molecule has 2 heterocycles.